The van der Waals surface area contributed by atoms with Crippen molar-refractivity contribution in [2.75, 3.05) is 6.61 Å². The van der Waals surface area contributed by atoms with Gasteiger partial charge in [0.1, 0.15) is 5.78 Å². The maximum absolute atomic E-state index is 10.6. The molecule has 0 bridgehead atoms. The molecule has 62 valence electrons. The van der Waals surface area contributed by atoms with E-state index in [1.807, 2.05) is 0 Å². The first-order chi connectivity index (χ1) is 5.34. The zero-order valence-corrected chi connectivity index (χ0v) is 6.71. The molecular weight excluding hydrogens is 140 g/mol. The van der Waals surface area contributed by atoms with Crippen molar-refractivity contribution in [3.63, 3.8) is 0 Å². The summed E-state index contributed by atoms with van der Waals surface area (Å²) >= 11 is 0. The Kier molecular flexibility index (Phi) is 1.95. The highest BCUT2D eigenvalue weighted by atomic mass is 16.5. The lowest BCUT2D eigenvalue weighted by Gasteiger charge is -2.26. The molecule has 2 nitrogen and oxygen atoms in total. The van der Waals surface area contributed by atoms with E-state index < -0.39 is 0 Å². The molecule has 11 heavy (non-hydrogen) atoms. The predicted octanol–water partition coefficient (Wildman–Crippen LogP) is 1.53. The summed E-state index contributed by atoms with van der Waals surface area (Å²) in [5.41, 5.74) is 0. The number of hydrogen-bond donors (Lipinski definition) is 0. The standard InChI is InChI=1S/C9H14O2/c10-8-4-7(5-8)6-9-2-1-3-11-9/h7,9H,1-6H2. The van der Waals surface area contributed by atoms with Gasteiger partial charge in [-0.2, -0.15) is 0 Å². The Morgan fingerprint density at radius 2 is 2.27 bits per heavy atom. The van der Waals surface area contributed by atoms with Crippen molar-refractivity contribution in [3.05, 3.63) is 0 Å². The Labute approximate surface area is 66.9 Å². The van der Waals surface area contributed by atoms with Crippen molar-refractivity contribution in [1.82, 2.24) is 0 Å². The van der Waals surface area contributed by atoms with E-state index in [0.717, 1.165) is 25.9 Å². The largest absolute Gasteiger partial charge is 0.378 e. The van der Waals surface area contributed by atoms with Crippen molar-refractivity contribution in [2.45, 2.75) is 38.2 Å². The van der Waals surface area contributed by atoms with Crippen LogP contribution in [0.5, 0.6) is 0 Å². The van der Waals surface area contributed by atoms with E-state index in [0.29, 0.717) is 17.8 Å². The second kappa shape index (κ2) is 2.94. The van der Waals surface area contributed by atoms with E-state index in [2.05, 4.69) is 0 Å². The van der Waals surface area contributed by atoms with Gasteiger partial charge in [-0.25, -0.2) is 0 Å². The molecule has 1 saturated heterocycles. The molecule has 1 saturated carbocycles. The third-order valence-corrected chi connectivity index (χ3v) is 2.65. The molecule has 2 heteroatoms. The van der Waals surface area contributed by atoms with Crippen LogP contribution in [0.1, 0.15) is 32.1 Å². The first-order valence-corrected chi connectivity index (χ1v) is 4.48. The van der Waals surface area contributed by atoms with E-state index >= 15 is 0 Å². The molecule has 0 aromatic carbocycles. The van der Waals surface area contributed by atoms with Crippen LogP contribution in [0.15, 0.2) is 0 Å². The van der Waals surface area contributed by atoms with Gasteiger partial charge in [-0.1, -0.05) is 0 Å². The van der Waals surface area contributed by atoms with Gasteiger partial charge in [-0.15, -0.1) is 0 Å². The zero-order valence-electron chi connectivity index (χ0n) is 6.71. The van der Waals surface area contributed by atoms with E-state index in [9.17, 15) is 4.79 Å². The summed E-state index contributed by atoms with van der Waals surface area (Å²) in [5.74, 6) is 1.10. The van der Waals surface area contributed by atoms with Crippen LogP contribution in [0.4, 0.5) is 0 Å². The molecule has 1 atom stereocenters. The molecule has 0 spiro atoms. The lowest BCUT2D eigenvalue weighted by Crippen LogP contribution is -2.26. The number of rotatable bonds is 2. The quantitative estimate of drug-likeness (QED) is 0.603. The monoisotopic (exact) mass is 154 g/mol. The van der Waals surface area contributed by atoms with Gasteiger partial charge in [0.15, 0.2) is 0 Å². The van der Waals surface area contributed by atoms with Gasteiger partial charge >= 0.3 is 0 Å². The Morgan fingerprint density at radius 3 is 2.82 bits per heavy atom. The van der Waals surface area contributed by atoms with Crippen molar-refractivity contribution < 1.29 is 9.53 Å². The number of ether oxygens (including phenoxy) is 1. The summed E-state index contributed by atoms with van der Waals surface area (Å²) in [6, 6.07) is 0. The smallest absolute Gasteiger partial charge is 0.133 e. The first-order valence-electron chi connectivity index (χ1n) is 4.48. The molecule has 1 unspecified atom stereocenters. The van der Waals surface area contributed by atoms with Gasteiger partial charge in [0.05, 0.1) is 6.10 Å². The highest BCUT2D eigenvalue weighted by molar-refractivity contribution is 5.84. The topological polar surface area (TPSA) is 26.3 Å². The molecule has 1 aliphatic heterocycles. The minimum Gasteiger partial charge on any atom is -0.378 e. The fraction of sp³-hybridized carbons (Fsp3) is 0.889. The van der Waals surface area contributed by atoms with Crippen molar-refractivity contribution in [2.24, 2.45) is 5.92 Å². The van der Waals surface area contributed by atoms with Gasteiger partial charge in [0, 0.05) is 19.4 Å². The maximum Gasteiger partial charge on any atom is 0.133 e. The van der Waals surface area contributed by atoms with Gasteiger partial charge in [-0.3, -0.25) is 4.79 Å². The van der Waals surface area contributed by atoms with Crippen molar-refractivity contribution in [3.8, 4) is 0 Å². The number of carbonyl (C=O) groups is 1. The molecule has 2 aliphatic rings. The normalized spacial score (nSPS) is 32.4. The number of hydrogen-bond acceptors (Lipinski definition) is 2. The first kappa shape index (κ1) is 7.29. The number of Topliss-reactive ketones (excluding diaryl/α,β-unsaturated/α-hetero) is 1. The van der Waals surface area contributed by atoms with Crippen LogP contribution in [0, 0.1) is 5.92 Å². The van der Waals surface area contributed by atoms with Crippen molar-refractivity contribution >= 4 is 5.78 Å². The number of ketones is 1. The third kappa shape index (κ3) is 1.62. The van der Waals surface area contributed by atoms with Gasteiger partial charge in [-0.05, 0) is 25.2 Å². The molecule has 0 amide bonds. The second-order valence-corrected chi connectivity index (χ2v) is 3.68. The van der Waals surface area contributed by atoms with Crippen molar-refractivity contribution in [1.29, 1.82) is 0 Å². The van der Waals surface area contributed by atoms with E-state index in [1.54, 1.807) is 0 Å². The summed E-state index contributed by atoms with van der Waals surface area (Å²) in [4.78, 5) is 10.6. The van der Waals surface area contributed by atoms with E-state index in [-0.39, 0.29) is 0 Å². The molecule has 1 heterocycles. The molecule has 1 aliphatic carbocycles. The van der Waals surface area contributed by atoms with Crippen LogP contribution in [-0.2, 0) is 9.53 Å². The van der Waals surface area contributed by atoms with Crippen LogP contribution >= 0.6 is 0 Å². The molecule has 2 rings (SSSR count). The zero-order chi connectivity index (χ0) is 7.68. The second-order valence-electron chi connectivity index (χ2n) is 3.68. The van der Waals surface area contributed by atoms with Crippen LogP contribution < -0.4 is 0 Å². The maximum atomic E-state index is 10.6. The fourth-order valence-corrected chi connectivity index (χ4v) is 1.95. The lowest BCUT2D eigenvalue weighted by atomic mass is 9.80. The van der Waals surface area contributed by atoms with Crippen LogP contribution in [-0.4, -0.2) is 18.5 Å². The highest BCUT2D eigenvalue weighted by Crippen LogP contribution is 2.30. The average molecular weight is 154 g/mol. The highest BCUT2D eigenvalue weighted by Gasteiger charge is 2.30. The minimum atomic E-state index is 0.438. The summed E-state index contributed by atoms with van der Waals surface area (Å²) in [7, 11) is 0. The molecule has 0 aromatic rings. The van der Waals surface area contributed by atoms with Crippen LogP contribution in [0.3, 0.4) is 0 Å². The lowest BCUT2D eigenvalue weighted by molar-refractivity contribution is -0.127. The summed E-state index contributed by atoms with van der Waals surface area (Å²) < 4.78 is 5.48. The summed E-state index contributed by atoms with van der Waals surface area (Å²) in [6.45, 7) is 0.936. The van der Waals surface area contributed by atoms with Crippen LogP contribution in [0.25, 0.3) is 0 Å². The van der Waals surface area contributed by atoms with E-state index in [4.69, 9.17) is 4.74 Å². The van der Waals surface area contributed by atoms with Gasteiger partial charge in [0.25, 0.3) is 0 Å². The molecule has 0 aromatic heterocycles. The Hall–Kier alpha value is -0.370. The van der Waals surface area contributed by atoms with Crippen LogP contribution in [0.2, 0.25) is 0 Å². The Morgan fingerprint density at radius 1 is 1.45 bits per heavy atom. The summed E-state index contributed by atoms with van der Waals surface area (Å²) in [5, 5.41) is 0. The van der Waals surface area contributed by atoms with Gasteiger partial charge in [0.2, 0.25) is 0 Å². The average Bonchev–Trinajstić information content (AvgIpc) is 2.36. The third-order valence-electron chi connectivity index (χ3n) is 2.65. The minimum absolute atomic E-state index is 0.438. The fourth-order valence-electron chi connectivity index (χ4n) is 1.95. The predicted molar refractivity (Wildman–Crippen MR) is 41.3 cm³/mol. The molecule has 2 fully saturated rings. The molecule has 0 N–H and O–H groups in total. The molecular formula is C9H14O2. The Balaban J connectivity index is 1.69. The van der Waals surface area contributed by atoms with Gasteiger partial charge < -0.3 is 4.74 Å². The Bertz CT molecular complexity index is 151. The van der Waals surface area contributed by atoms with E-state index in [1.165, 1.54) is 12.8 Å². The molecule has 0 radical (unpaired) electrons. The SMILES string of the molecule is O=C1CC(CC2CCCO2)C1. The summed E-state index contributed by atoms with van der Waals surface area (Å²) in [6.07, 6.45) is 5.68. The number of carbonyl (C=O) groups excluding carboxylic acids is 1.